The SMILES string of the molecule is CC.N#Cc1c(NC(=O)c2ccccc2Cl)n(Cc2ccccc2)c2nc3ccccc3nc12. The molecule has 0 unspecified atom stereocenters. The number of aromatic nitrogens is 3. The Hall–Kier alpha value is -4.21. The Bertz CT molecular complexity index is 1520. The number of anilines is 1. The van der Waals surface area contributed by atoms with Crippen LogP contribution in [0.5, 0.6) is 0 Å². The molecule has 0 saturated heterocycles. The number of nitrogens with zero attached hydrogens (tertiary/aromatic N) is 4. The third kappa shape index (κ3) is 4.34. The minimum Gasteiger partial charge on any atom is -0.307 e. The first-order valence-corrected chi connectivity index (χ1v) is 11.3. The molecule has 5 aromatic rings. The third-order valence-electron chi connectivity index (χ3n) is 5.20. The van der Waals surface area contributed by atoms with Gasteiger partial charge < -0.3 is 9.88 Å². The van der Waals surface area contributed by atoms with Crippen molar-refractivity contribution in [1.82, 2.24) is 14.5 Å². The van der Waals surface area contributed by atoms with E-state index in [1.165, 1.54) is 0 Å². The summed E-state index contributed by atoms with van der Waals surface area (Å²) < 4.78 is 1.82. The summed E-state index contributed by atoms with van der Waals surface area (Å²) in [6, 6.07) is 26.2. The van der Waals surface area contributed by atoms with Gasteiger partial charge in [0, 0.05) is 0 Å². The Labute approximate surface area is 202 Å². The number of nitrogens with one attached hydrogen (secondary N) is 1. The van der Waals surface area contributed by atoms with Crippen LogP contribution in [0.15, 0.2) is 78.9 Å². The number of hydrogen-bond acceptors (Lipinski definition) is 4. The maximum atomic E-state index is 13.1. The lowest BCUT2D eigenvalue weighted by atomic mass is 10.2. The number of halogens is 1. The van der Waals surface area contributed by atoms with Crippen LogP contribution in [0.4, 0.5) is 5.82 Å². The zero-order valence-electron chi connectivity index (χ0n) is 18.8. The lowest BCUT2D eigenvalue weighted by Crippen LogP contribution is -2.17. The zero-order chi connectivity index (χ0) is 24.1. The Morgan fingerprint density at radius 2 is 1.56 bits per heavy atom. The molecule has 7 heteroatoms. The highest BCUT2D eigenvalue weighted by molar-refractivity contribution is 6.34. The summed E-state index contributed by atoms with van der Waals surface area (Å²) in [5.74, 6) is -0.0691. The fourth-order valence-electron chi connectivity index (χ4n) is 3.68. The van der Waals surface area contributed by atoms with E-state index in [0.717, 1.165) is 5.56 Å². The monoisotopic (exact) mass is 467 g/mol. The molecule has 1 N–H and O–H groups in total. The van der Waals surface area contributed by atoms with Gasteiger partial charge in [-0.3, -0.25) is 4.79 Å². The van der Waals surface area contributed by atoms with Crippen LogP contribution in [-0.4, -0.2) is 20.4 Å². The molecule has 5 rings (SSSR count). The van der Waals surface area contributed by atoms with Gasteiger partial charge in [-0.25, -0.2) is 9.97 Å². The minimum absolute atomic E-state index is 0.259. The van der Waals surface area contributed by atoms with Crippen molar-refractivity contribution in [2.45, 2.75) is 20.4 Å². The van der Waals surface area contributed by atoms with Crippen LogP contribution in [0, 0.1) is 11.3 Å². The summed E-state index contributed by atoms with van der Waals surface area (Å²) >= 11 is 6.22. The number of carbonyl (C=O) groups is 1. The Morgan fingerprint density at radius 1 is 0.941 bits per heavy atom. The molecular weight excluding hydrogens is 446 g/mol. The topological polar surface area (TPSA) is 83.6 Å². The molecule has 2 heterocycles. The van der Waals surface area contributed by atoms with Crippen molar-refractivity contribution in [2.75, 3.05) is 5.32 Å². The van der Waals surface area contributed by atoms with Crippen molar-refractivity contribution >= 4 is 45.5 Å². The van der Waals surface area contributed by atoms with Crippen LogP contribution >= 0.6 is 11.6 Å². The second kappa shape index (κ2) is 10.2. The van der Waals surface area contributed by atoms with Gasteiger partial charge in [0.05, 0.1) is 28.2 Å². The highest BCUT2D eigenvalue weighted by atomic mass is 35.5. The molecule has 0 aliphatic heterocycles. The van der Waals surface area contributed by atoms with Gasteiger partial charge in [0.25, 0.3) is 5.91 Å². The van der Waals surface area contributed by atoms with Gasteiger partial charge in [0.2, 0.25) is 0 Å². The first-order chi connectivity index (χ1) is 16.7. The van der Waals surface area contributed by atoms with E-state index >= 15 is 0 Å². The number of carbonyl (C=O) groups excluding carboxylic acids is 1. The smallest absolute Gasteiger partial charge is 0.258 e. The number of nitriles is 1. The number of amides is 1. The van der Waals surface area contributed by atoms with E-state index in [4.69, 9.17) is 16.6 Å². The van der Waals surface area contributed by atoms with Gasteiger partial charge in [-0.2, -0.15) is 5.26 Å². The zero-order valence-corrected chi connectivity index (χ0v) is 19.5. The standard InChI is InChI=1S/C25H16ClN5O.C2H6/c26-19-11-5-4-10-17(19)25(32)30-23-18(14-27)22-24(29-21-13-7-6-12-20(21)28-22)31(23)15-16-8-2-1-3-9-16;1-2/h1-13H,15H2,(H,30,32);1-2H3. The molecule has 0 fully saturated rings. The Kier molecular flexibility index (Phi) is 6.86. The molecule has 0 atom stereocenters. The highest BCUT2D eigenvalue weighted by Crippen LogP contribution is 2.31. The summed E-state index contributed by atoms with van der Waals surface area (Å²) in [5.41, 5.74) is 3.93. The number of hydrogen-bond donors (Lipinski definition) is 1. The first kappa shape index (κ1) is 23.0. The van der Waals surface area contributed by atoms with Crippen molar-refractivity contribution in [1.29, 1.82) is 5.26 Å². The molecule has 0 spiro atoms. The van der Waals surface area contributed by atoms with Gasteiger partial charge in [-0.1, -0.05) is 80.0 Å². The average molecular weight is 468 g/mol. The average Bonchev–Trinajstić information content (AvgIpc) is 3.15. The van der Waals surface area contributed by atoms with Crippen molar-refractivity contribution in [3.05, 3.63) is 101 Å². The minimum atomic E-state index is -0.409. The van der Waals surface area contributed by atoms with Crippen LogP contribution in [0.25, 0.3) is 22.2 Å². The van der Waals surface area contributed by atoms with Crippen LogP contribution in [0.3, 0.4) is 0 Å². The lowest BCUT2D eigenvalue weighted by Gasteiger charge is -2.12. The molecule has 0 bridgehead atoms. The van der Waals surface area contributed by atoms with Gasteiger partial charge in [0.1, 0.15) is 23.0 Å². The van der Waals surface area contributed by atoms with E-state index in [1.54, 1.807) is 24.3 Å². The molecule has 0 aliphatic carbocycles. The lowest BCUT2D eigenvalue weighted by molar-refractivity contribution is 0.102. The quantitative estimate of drug-likeness (QED) is 0.330. The van der Waals surface area contributed by atoms with E-state index in [0.29, 0.717) is 45.1 Å². The first-order valence-electron chi connectivity index (χ1n) is 10.9. The number of fused-ring (bicyclic) bond motifs is 2. The number of para-hydroxylation sites is 2. The van der Waals surface area contributed by atoms with Gasteiger partial charge >= 0.3 is 0 Å². The molecule has 0 radical (unpaired) electrons. The third-order valence-corrected chi connectivity index (χ3v) is 5.53. The van der Waals surface area contributed by atoms with Crippen LogP contribution in [-0.2, 0) is 6.54 Å². The second-order valence-electron chi connectivity index (χ2n) is 7.23. The predicted molar refractivity (Wildman–Crippen MR) is 136 cm³/mol. The fourth-order valence-corrected chi connectivity index (χ4v) is 3.90. The maximum Gasteiger partial charge on any atom is 0.258 e. The Morgan fingerprint density at radius 3 is 2.24 bits per heavy atom. The summed E-state index contributed by atoms with van der Waals surface area (Å²) in [7, 11) is 0. The Balaban J connectivity index is 0.00000133. The fraction of sp³-hybridized carbons (Fsp3) is 0.111. The summed E-state index contributed by atoms with van der Waals surface area (Å²) in [4.78, 5) is 22.5. The second-order valence-corrected chi connectivity index (χ2v) is 7.63. The summed E-state index contributed by atoms with van der Waals surface area (Å²) in [6.45, 7) is 4.41. The van der Waals surface area contributed by atoms with E-state index in [9.17, 15) is 10.1 Å². The van der Waals surface area contributed by atoms with Crippen LogP contribution in [0.1, 0.15) is 35.3 Å². The molecule has 0 aliphatic rings. The van der Waals surface area contributed by atoms with Crippen molar-refractivity contribution in [2.24, 2.45) is 0 Å². The predicted octanol–water partition coefficient (Wildman–Crippen LogP) is 6.44. The van der Waals surface area contributed by atoms with Gasteiger partial charge in [-0.15, -0.1) is 0 Å². The molecule has 168 valence electrons. The normalized spacial score (nSPS) is 10.4. The van der Waals surface area contributed by atoms with E-state index < -0.39 is 5.91 Å². The number of benzene rings is 3. The molecular formula is C27H22ClN5O. The van der Waals surface area contributed by atoms with E-state index in [2.05, 4.69) is 16.4 Å². The van der Waals surface area contributed by atoms with E-state index in [-0.39, 0.29) is 5.56 Å². The van der Waals surface area contributed by atoms with Gasteiger partial charge in [-0.05, 0) is 29.8 Å². The van der Waals surface area contributed by atoms with Crippen LogP contribution in [0.2, 0.25) is 5.02 Å². The molecule has 2 aromatic heterocycles. The van der Waals surface area contributed by atoms with Crippen molar-refractivity contribution < 1.29 is 4.79 Å². The molecule has 6 nitrogen and oxygen atoms in total. The van der Waals surface area contributed by atoms with E-state index in [1.807, 2.05) is 73.0 Å². The molecule has 34 heavy (non-hydrogen) atoms. The highest BCUT2D eigenvalue weighted by Gasteiger charge is 2.23. The van der Waals surface area contributed by atoms with Crippen molar-refractivity contribution in [3.63, 3.8) is 0 Å². The summed E-state index contributed by atoms with van der Waals surface area (Å²) in [6.07, 6.45) is 0. The van der Waals surface area contributed by atoms with Gasteiger partial charge in [0.15, 0.2) is 5.65 Å². The number of rotatable bonds is 4. The molecule has 1 amide bonds. The van der Waals surface area contributed by atoms with Crippen molar-refractivity contribution in [3.8, 4) is 6.07 Å². The largest absolute Gasteiger partial charge is 0.307 e. The molecule has 3 aromatic carbocycles. The summed E-state index contributed by atoms with van der Waals surface area (Å²) in [5, 5.41) is 13.2. The van der Waals surface area contributed by atoms with Crippen LogP contribution < -0.4 is 5.32 Å². The maximum absolute atomic E-state index is 13.1. The molecule has 0 saturated carbocycles.